The van der Waals surface area contributed by atoms with E-state index in [-0.39, 0.29) is 18.0 Å². The average molecular weight is 479 g/mol. The zero-order valence-corrected chi connectivity index (χ0v) is 18.5. The number of rotatable bonds is 7. The quantitative estimate of drug-likeness (QED) is 0.541. The van der Waals surface area contributed by atoms with Crippen LogP contribution in [0, 0.1) is 0 Å². The molecule has 1 amide bonds. The van der Waals surface area contributed by atoms with Crippen LogP contribution in [0.15, 0.2) is 51.7 Å². The van der Waals surface area contributed by atoms with Crippen LogP contribution in [0.5, 0.6) is 5.75 Å². The van der Waals surface area contributed by atoms with Crippen LogP contribution < -0.4 is 10.3 Å². The van der Waals surface area contributed by atoms with Crippen molar-refractivity contribution in [2.75, 3.05) is 6.54 Å². The molecule has 29 heavy (non-hydrogen) atoms. The molecule has 8 heteroatoms. The highest BCUT2D eigenvalue weighted by atomic mass is 79.9. The second-order valence-corrected chi connectivity index (χ2v) is 8.00. The van der Waals surface area contributed by atoms with Crippen molar-refractivity contribution in [3.05, 3.63) is 68.1 Å². The molecule has 152 valence electrons. The van der Waals surface area contributed by atoms with Gasteiger partial charge in [0.1, 0.15) is 11.6 Å². The molecule has 0 spiro atoms. The number of ether oxygens (including phenoxy) is 1. The Balaban J connectivity index is 1.80. The molecule has 1 unspecified atom stereocenters. The molecule has 0 aliphatic heterocycles. The Morgan fingerprint density at radius 3 is 2.69 bits per heavy atom. The highest BCUT2D eigenvalue weighted by Gasteiger charge is 2.23. The molecule has 1 N–H and O–H groups in total. The molecule has 0 saturated carbocycles. The summed E-state index contributed by atoms with van der Waals surface area (Å²) < 4.78 is 6.72. The topological polar surface area (TPSA) is 75.3 Å². The summed E-state index contributed by atoms with van der Waals surface area (Å²) in [5, 5.41) is 0.956. The molecule has 1 heterocycles. The lowest BCUT2D eigenvalue weighted by molar-refractivity contribution is -0.138. The Labute approximate surface area is 182 Å². The first-order valence-electron chi connectivity index (χ1n) is 9.27. The first-order valence-corrected chi connectivity index (χ1v) is 10.4. The average Bonchev–Trinajstić information content (AvgIpc) is 2.68. The number of fused-ring (bicyclic) bond motifs is 1. The second kappa shape index (κ2) is 9.41. The van der Waals surface area contributed by atoms with E-state index in [0.717, 1.165) is 10.9 Å². The van der Waals surface area contributed by atoms with Gasteiger partial charge in [0.05, 0.1) is 17.4 Å². The highest BCUT2D eigenvalue weighted by Crippen LogP contribution is 2.19. The molecule has 1 atom stereocenters. The molecule has 0 aliphatic carbocycles. The molecule has 3 aromatic rings. The number of carbonyl (C=O) groups is 1. The largest absolute Gasteiger partial charge is 0.481 e. The number of hydrogen-bond acceptors (Lipinski definition) is 4. The van der Waals surface area contributed by atoms with Gasteiger partial charge in [-0.05, 0) is 55.8 Å². The third kappa shape index (κ3) is 5.36. The summed E-state index contributed by atoms with van der Waals surface area (Å²) >= 11 is 9.40. The predicted octanol–water partition coefficient (Wildman–Crippen LogP) is 4.55. The van der Waals surface area contributed by atoms with Crippen LogP contribution in [0.4, 0.5) is 0 Å². The molecule has 6 nitrogen and oxygen atoms in total. The Hall–Kier alpha value is -2.38. The Bertz CT molecular complexity index is 1070. The number of aromatic nitrogens is 2. The van der Waals surface area contributed by atoms with Gasteiger partial charge < -0.3 is 14.6 Å². The zero-order valence-electron chi connectivity index (χ0n) is 16.1. The molecule has 0 fully saturated rings. The van der Waals surface area contributed by atoms with E-state index < -0.39 is 6.10 Å². The number of benzene rings is 2. The van der Waals surface area contributed by atoms with E-state index in [1.165, 1.54) is 0 Å². The number of H-pyrrole nitrogens is 1. The number of hydrogen-bond donors (Lipinski definition) is 1. The maximum absolute atomic E-state index is 13.0. The van der Waals surface area contributed by atoms with E-state index in [1.807, 2.05) is 19.1 Å². The van der Waals surface area contributed by atoms with Crippen molar-refractivity contribution in [1.82, 2.24) is 14.9 Å². The maximum Gasteiger partial charge on any atom is 0.263 e. The number of carbonyl (C=O) groups excluding carboxylic acids is 1. The Morgan fingerprint density at radius 2 is 2.00 bits per heavy atom. The fraction of sp³-hybridized carbons (Fsp3) is 0.286. The first kappa shape index (κ1) is 21.3. The monoisotopic (exact) mass is 477 g/mol. The lowest BCUT2D eigenvalue weighted by Gasteiger charge is -2.25. The van der Waals surface area contributed by atoms with Gasteiger partial charge in [0.15, 0.2) is 6.10 Å². The summed E-state index contributed by atoms with van der Waals surface area (Å²) in [6, 6.07) is 12.2. The van der Waals surface area contributed by atoms with Gasteiger partial charge in [-0.3, -0.25) is 9.59 Å². The van der Waals surface area contributed by atoms with Crippen molar-refractivity contribution in [2.45, 2.75) is 32.9 Å². The summed E-state index contributed by atoms with van der Waals surface area (Å²) in [4.78, 5) is 34.2. The van der Waals surface area contributed by atoms with E-state index in [0.29, 0.717) is 34.0 Å². The van der Waals surface area contributed by atoms with Crippen molar-refractivity contribution < 1.29 is 9.53 Å². The number of nitrogens with one attached hydrogen (secondary N) is 1. The van der Waals surface area contributed by atoms with Gasteiger partial charge in [0, 0.05) is 16.0 Å². The van der Waals surface area contributed by atoms with Crippen molar-refractivity contribution in [2.24, 2.45) is 0 Å². The van der Waals surface area contributed by atoms with E-state index in [1.54, 1.807) is 42.2 Å². The van der Waals surface area contributed by atoms with Gasteiger partial charge in [0.2, 0.25) is 0 Å². The number of halogens is 2. The fourth-order valence-corrected chi connectivity index (χ4v) is 3.41. The van der Waals surface area contributed by atoms with Gasteiger partial charge in [-0.2, -0.15) is 0 Å². The van der Waals surface area contributed by atoms with Crippen LogP contribution >= 0.6 is 27.5 Å². The standard InChI is InChI=1S/C21H21BrClN3O3/c1-3-10-26(21(28)13(2)29-16-7-4-14(22)5-8-16)12-19-24-18-11-15(23)6-9-17(18)20(27)25-19/h4-9,11,13H,3,10,12H2,1-2H3,(H,24,25,27). The molecule has 0 bridgehead atoms. The molecular formula is C21H21BrClN3O3. The van der Waals surface area contributed by atoms with Gasteiger partial charge in [-0.1, -0.05) is 34.5 Å². The van der Waals surface area contributed by atoms with Crippen molar-refractivity contribution in [3.63, 3.8) is 0 Å². The molecular weight excluding hydrogens is 458 g/mol. The van der Waals surface area contributed by atoms with Crippen LogP contribution in [-0.2, 0) is 11.3 Å². The minimum atomic E-state index is -0.677. The molecule has 1 aromatic heterocycles. The van der Waals surface area contributed by atoms with Crippen molar-refractivity contribution >= 4 is 44.3 Å². The Morgan fingerprint density at radius 1 is 1.28 bits per heavy atom. The summed E-state index contributed by atoms with van der Waals surface area (Å²) in [5.74, 6) is 0.836. The lowest BCUT2D eigenvalue weighted by atomic mass is 10.2. The molecule has 3 rings (SSSR count). The van der Waals surface area contributed by atoms with Crippen molar-refractivity contribution in [3.8, 4) is 5.75 Å². The van der Waals surface area contributed by atoms with Crippen LogP contribution in [0.1, 0.15) is 26.1 Å². The third-order valence-electron chi connectivity index (χ3n) is 4.34. The van der Waals surface area contributed by atoms with Gasteiger partial charge in [-0.25, -0.2) is 4.98 Å². The highest BCUT2D eigenvalue weighted by molar-refractivity contribution is 9.10. The first-order chi connectivity index (χ1) is 13.9. The van der Waals surface area contributed by atoms with Crippen LogP contribution in [0.2, 0.25) is 5.02 Å². The van der Waals surface area contributed by atoms with E-state index in [4.69, 9.17) is 16.3 Å². The van der Waals surface area contributed by atoms with E-state index in [2.05, 4.69) is 25.9 Å². The summed E-state index contributed by atoms with van der Waals surface area (Å²) in [6.45, 7) is 4.39. The summed E-state index contributed by atoms with van der Waals surface area (Å²) in [5.41, 5.74) is 0.240. The van der Waals surface area contributed by atoms with Crippen LogP contribution in [0.3, 0.4) is 0 Å². The molecule has 0 saturated heterocycles. The van der Waals surface area contributed by atoms with Gasteiger partial charge in [0.25, 0.3) is 11.5 Å². The van der Waals surface area contributed by atoms with Crippen LogP contribution in [0.25, 0.3) is 10.9 Å². The fourth-order valence-electron chi connectivity index (χ4n) is 2.98. The third-order valence-corrected chi connectivity index (χ3v) is 5.10. The SMILES string of the molecule is CCCN(Cc1nc2cc(Cl)ccc2c(=O)[nH]1)C(=O)C(C)Oc1ccc(Br)cc1. The number of amides is 1. The molecule has 0 radical (unpaired) electrons. The zero-order chi connectivity index (χ0) is 21.0. The van der Waals surface area contributed by atoms with Crippen molar-refractivity contribution in [1.29, 1.82) is 0 Å². The van der Waals surface area contributed by atoms with E-state index >= 15 is 0 Å². The number of nitrogens with zero attached hydrogens (tertiary/aromatic N) is 2. The van der Waals surface area contributed by atoms with E-state index in [9.17, 15) is 9.59 Å². The minimum Gasteiger partial charge on any atom is -0.481 e. The maximum atomic E-state index is 13.0. The van der Waals surface area contributed by atoms with Gasteiger partial charge in [-0.15, -0.1) is 0 Å². The second-order valence-electron chi connectivity index (χ2n) is 6.65. The van der Waals surface area contributed by atoms with Crippen LogP contribution in [-0.4, -0.2) is 33.4 Å². The predicted molar refractivity (Wildman–Crippen MR) is 117 cm³/mol. The lowest BCUT2D eigenvalue weighted by Crippen LogP contribution is -2.41. The minimum absolute atomic E-state index is 0.177. The molecule has 2 aromatic carbocycles. The smallest absolute Gasteiger partial charge is 0.263 e. The number of aromatic amines is 1. The molecule has 0 aliphatic rings. The Kier molecular flexibility index (Phi) is 6.92. The summed E-state index contributed by atoms with van der Waals surface area (Å²) in [6.07, 6.45) is 0.0877. The normalized spacial score (nSPS) is 12.0. The van der Waals surface area contributed by atoms with Gasteiger partial charge >= 0.3 is 0 Å². The summed E-state index contributed by atoms with van der Waals surface area (Å²) in [7, 11) is 0.